The van der Waals surface area contributed by atoms with Crippen LogP contribution in [0.5, 0.6) is 5.75 Å². The van der Waals surface area contributed by atoms with Crippen molar-refractivity contribution in [1.82, 2.24) is 4.98 Å². The SMILES string of the molecule is COc1ccc2c(c1)C(=O)C=C(Cc1ccc(C(F)(F)F)cn1)C2=O. The molecule has 25 heavy (non-hydrogen) atoms. The first kappa shape index (κ1) is 16.9. The van der Waals surface area contributed by atoms with Crippen LogP contribution in [0.2, 0.25) is 0 Å². The summed E-state index contributed by atoms with van der Waals surface area (Å²) in [5.74, 6) is -0.240. The quantitative estimate of drug-likeness (QED) is 0.850. The maximum Gasteiger partial charge on any atom is 0.417 e. The summed E-state index contributed by atoms with van der Waals surface area (Å²) in [5, 5.41) is 0. The minimum atomic E-state index is -4.47. The second-order valence-electron chi connectivity index (χ2n) is 5.49. The number of rotatable bonds is 3. The first-order valence-electron chi connectivity index (χ1n) is 7.29. The van der Waals surface area contributed by atoms with Gasteiger partial charge < -0.3 is 4.74 Å². The van der Waals surface area contributed by atoms with Crippen molar-refractivity contribution < 1.29 is 27.5 Å². The minimum Gasteiger partial charge on any atom is -0.497 e. The fourth-order valence-corrected chi connectivity index (χ4v) is 2.55. The summed E-state index contributed by atoms with van der Waals surface area (Å²) in [7, 11) is 1.45. The Balaban J connectivity index is 1.87. The molecule has 4 nitrogen and oxygen atoms in total. The lowest BCUT2D eigenvalue weighted by Gasteiger charge is -2.16. The number of Topliss-reactive ketones (excluding diaryl/α,β-unsaturated/α-hetero) is 1. The number of carbonyl (C=O) groups excluding carboxylic acids is 2. The first-order chi connectivity index (χ1) is 11.8. The number of ketones is 2. The van der Waals surface area contributed by atoms with Gasteiger partial charge in [-0.05, 0) is 36.4 Å². The number of allylic oxidation sites excluding steroid dienone is 2. The predicted molar refractivity (Wildman–Crippen MR) is 82.7 cm³/mol. The maximum absolute atomic E-state index is 12.6. The van der Waals surface area contributed by atoms with Gasteiger partial charge in [-0.25, -0.2) is 0 Å². The first-order valence-corrected chi connectivity index (χ1v) is 7.29. The molecular formula is C18H12F3NO3. The van der Waals surface area contributed by atoms with Gasteiger partial charge in [-0.2, -0.15) is 13.2 Å². The Bertz CT molecular complexity index is 883. The van der Waals surface area contributed by atoms with Crippen molar-refractivity contribution in [2.45, 2.75) is 12.6 Å². The van der Waals surface area contributed by atoms with E-state index in [0.717, 1.165) is 6.07 Å². The van der Waals surface area contributed by atoms with E-state index >= 15 is 0 Å². The van der Waals surface area contributed by atoms with Crippen molar-refractivity contribution in [2.75, 3.05) is 7.11 Å². The van der Waals surface area contributed by atoms with Crippen molar-refractivity contribution in [3.63, 3.8) is 0 Å². The molecule has 1 aromatic carbocycles. The lowest BCUT2D eigenvalue weighted by atomic mass is 9.87. The molecule has 2 aromatic rings. The smallest absolute Gasteiger partial charge is 0.417 e. The topological polar surface area (TPSA) is 56.3 Å². The number of hydrogen-bond donors (Lipinski definition) is 0. The molecule has 0 N–H and O–H groups in total. The fourth-order valence-electron chi connectivity index (χ4n) is 2.55. The molecule has 0 unspecified atom stereocenters. The molecule has 0 saturated heterocycles. The molecule has 1 heterocycles. The fraction of sp³-hybridized carbons (Fsp3) is 0.167. The highest BCUT2D eigenvalue weighted by atomic mass is 19.4. The molecule has 0 fully saturated rings. The standard InChI is InChI=1S/C18H12F3NO3/c1-25-13-4-5-14-15(8-13)16(23)7-10(17(14)24)6-12-3-2-11(9-22-12)18(19,20)21/h2-5,7-9H,6H2,1H3. The molecule has 1 aliphatic carbocycles. The number of fused-ring (bicyclic) bond motifs is 1. The summed E-state index contributed by atoms with van der Waals surface area (Å²) < 4.78 is 42.7. The molecule has 0 atom stereocenters. The zero-order valence-corrected chi connectivity index (χ0v) is 13.1. The van der Waals surface area contributed by atoms with E-state index in [1.54, 1.807) is 6.07 Å². The number of pyridine rings is 1. The van der Waals surface area contributed by atoms with Crippen molar-refractivity contribution >= 4 is 11.6 Å². The maximum atomic E-state index is 12.6. The molecule has 3 rings (SSSR count). The van der Waals surface area contributed by atoms with E-state index in [4.69, 9.17) is 4.74 Å². The molecule has 0 bridgehead atoms. The summed E-state index contributed by atoms with van der Waals surface area (Å²) in [6, 6.07) is 6.66. The Morgan fingerprint density at radius 3 is 2.44 bits per heavy atom. The molecule has 0 amide bonds. The van der Waals surface area contributed by atoms with Crippen LogP contribution in [0.3, 0.4) is 0 Å². The van der Waals surface area contributed by atoms with Crippen LogP contribution in [-0.2, 0) is 12.6 Å². The number of hydrogen-bond acceptors (Lipinski definition) is 4. The number of ether oxygens (including phenoxy) is 1. The van der Waals surface area contributed by atoms with Crippen LogP contribution in [0.1, 0.15) is 32.0 Å². The molecule has 1 aliphatic rings. The number of benzene rings is 1. The number of halogens is 3. The van der Waals surface area contributed by atoms with Crippen LogP contribution in [0.4, 0.5) is 13.2 Å². The van der Waals surface area contributed by atoms with Crippen LogP contribution < -0.4 is 4.74 Å². The third kappa shape index (κ3) is 3.31. The average Bonchev–Trinajstić information content (AvgIpc) is 2.58. The largest absolute Gasteiger partial charge is 0.497 e. The Morgan fingerprint density at radius 2 is 1.84 bits per heavy atom. The van der Waals surface area contributed by atoms with E-state index in [-0.39, 0.29) is 40.4 Å². The van der Waals surface area contributed by atoms with Gasteiger partial charge in [0.2, 0.25) is 0 Å². The Hall–Kier alpha value is -2.96. The number of methoxy groups -OCH3 is 1. The van der Waals surface area contributed by atoms with Crippen LogP contribution >= 0.6 is 0 Å². The number of carbonyl (C=O) groups is 2. The lowest BCUT2D eigenvalue weighted by Crippen LogP contribution is -2.18. The highest BCUT2D eigenvalue weighted by Crippen LogP contribution is 2.29. The third-order valence-electron chi connectivity index (χ3n) is 3.86. The summed E-state index contributed by atoms with van der Waals surface area (Å²) in [6.45, 7) is 0. The van der Waals surface area contributed by atoms with Gasteiger partial charge >= 0.3 is 6.18 Å². The number of alkyl halides is 3. The third-order valence-corrected chi connectivity index (χ3v) is 3.86. The summed E-state index contributed by atoms with van der Waals surface area (Å²) in [4.78, 5) is 28.5. The van der Waals surface area contributed by atoms with Gasteiger partial charge in [0.1, 0.15) is 5.75 Å². The summed E-state index contributed by atoms with van der Waals surface area (Å²) in [5.41, 5.74) is 0.0877. The van der Waals surface area contributed by atoms with E-state index in [2.05, 4.69) is 4.98 Å². The molecule has 0 radical (unpaired) electrons. The van der Waals surface area contributed by atoms with E-state index in [1.165, 1.54) is 31.4 Å². The normalized spacial score (nSPS) is 14.2. The number of aromatic nitrogens is 1. The molecule has 0 spiro atoms. The Morgan fingerprint density at radius 1 is 1.08 bits per heavy atom. The second-order valence-corrected chi connectivity index (χ2v) is 5.49. The zero-order valence-electron chi connectivity index (χ0n) is 13.1. The zero-order chi connectivity index (χ0) is 18.2. The van der Waals surface area contributed by atoms with Crippen molar-refractivity contribution in [3.8, 4) is 5.75 Å². The molecular weight excluding hydrogens is 335 g/mol. The van der Waals surface area contributed by atoms with Crippen LogP contribution in [0, 0.1) is 0 Å². The van der Waals surface area contributed by atoms with Crippen LogP contribution in [0.25, 0.3) is 0 Å². The molecule has 128 valence electrons. The highest BCUT2D eigenvalue weighted by Gasteiger charge is 2.31. The molecule has 0 aliphatic heterocycles. The summed E-state index contributed by atoms with van der Waals surface area (Å²) >= 11 is 0. The second kappa shape index (κ2) is 6.16. The van der Waals surface area contributed by atoms with Gasteiger partial charge in [-0.1, -0.05) is 0 Å². The van der Waals surface area contributed by atoms with Crippen LogP contribution in [-0.4, -0.2) is 23.7 Å². The van der Waals surface area contributed by atoms with E-state index in [9.17, 15) is 22.8 Å². The van der Waals surface area contributed by atoms with Crippen LogP contribution in [0.15, 0.2) is 48.2 Å². The van der Waals surface area contributed by atoms with Gasteiger partial charge in [0.15, 0.2) is 11.6 Å². The lowest BCUT2D eigenvalue weighted by molar-refractivity contribution is -0.137. The highest BCUT2D eigenvalue weighted by molar-refractivity contribution is 6.24. The monoisotopic (exact) mass is 347 g/mol. The van der Waals surface area contributed by atoms with Gasteiger partial charge in [0, 0.05) is 35.0 Å². The molecule has 0 saturated carbocycles. The predicted octanol–water partition coefficient (Wildman–Crippen LogP) is 3.66. The number of nitrogens with zero attached hydrogens (tertiary/aromatic N) is 1. The van der Waals surface area contributed by atoms with Crippen molar-refractivity contribution in [3.05, 3.63) is 70.6 Å². The van der Waals surface area contributed by atoms with Gasteiger partial charge in [-0.15, -0.1) is 0 Å². The van der Waals surface area contributed by atoms with E-state index in [1.807, 2.05) is 0 Å². The van der Waals surface area contributed by atoms with E-state index < -0.39 is 11.7 Å². The van der Waals surface area contributed by atoms with Gasteiger partial charge in [-0.3, -0.25) is 14.6 Å². The van der Waals surface area contributed by atoms with Gasteiger partial charge in [0.05, 0.1) is 12.7 Å². The molecule has 7 heteroatoms. The average molecular weight is 347 g/mol. The Kier molecular flexibility index (Phi) is 4.16. The minimum absolute atomic E-state index is 0.0197. The summed E-state index contributed by atoms with van der Waals surface area (Å²) in [6.07, 6.45) is -2.58. The van der Waals surface area contributed by atoms with Crippen molar-refractivity contribution in [2.24, 2.45) is 0 Å². The molecule has 1 aromatic heterocycles. The van der Waals surface area contributed by atoms with E-state index in [0.29, 0.717) is 11.9 Å². The Labute approximate surface area is 141 Å². The van der Waals surface area contributed by atoms with Gasteiger partial charge in [0.25, 0.3) is 0 Å². The van der Waals surface area contributed by atoms with Crippen molar-refractivity contribution in [1.29, 1.82) is 0 Å².